The molecular formula is C19H26ClN3O3. The molecule has 0 fully saturated rings. The lowest BCUT2D eigenvalue weighted by Crippen LogP contribution is -2.50. The van der Waals surface area contributed by atoms with Gasteiger partial charge in [0.25, 0.3) is 0 Å². The average molecular weight is 380 g/mol. The fraction of sp³-hybridized carbons (Fsp3) is 0.474. The molecule has 0 aliphatic carbocycles. The summed E-state index contributed by atoms with van der Waals surface area (Å²) in [4.78, 5) is 29.1. The first-order valence-corrected chi connectivity index (χ1v) is 9.23. The number of hydrogen-bond acceptors (Lipinski definition) is 4. The minimum atomic E-state index is -0.640. The molecule has 0 saturated heterocycles. The van der Waals surface area contributed by atoms with E-state index in [2.05, 4.69) is 5.32 Å². The third kappa shape index (κ3) is 4.19. The number of ether oxygens (including phenoxy) is 1. The van der Waals surface area contributed by atoms with E-state index in [4.69, 9.17) is 16.3 Å². The Hall–Kier alpha value is -2.05. The molecule has 142 valence electrons. The molecule has 1 atom stereocenters. The molecule has 1 aromatic carbocycles. The number of amides is 2. The lowest BCUT2D eigenvalue weighted by Gasteiger charge is -2.37. The summed E-state index contributed by atoms with van der Waals surface area (Å²) in [6.45, 7) is 7.63. The average Bonchev–Trinajstić information content (AvgIpc) is 2.62. The summed E-state index contributed by atoms with van der Waals surface area (Å²) in [7, 11) is 1.95. The number of carbonyl (C=O) groups is 2. The summed E-state index contributed by atoms with van der Waals surface area (Å²) < 4.78 is 5.31. The number of hydrogen-bond donors (Lipinski definition) is 1. The van der Waals surface area contributed by atoms with Crippen molar-refractivity contribution in [3.63, 3.8) is 0 Å². The number of carbonyl (C=O) groups excluding carboxylic acids is 2. The van der Waals surface area contributed by atoms with Crippen LogP contribution in [0.15, 0.2) is 35.5 Å². The van der Waals surface area contributed by atoms with Crippen molar-refractivity contribution in [1.82, 2.24) is 15.1 Å². The Morgan fingerprint density at radius 2 is 2.00 bits per heavy atom. The van der Waals surface area contributed by atoms with E-state index in [1.54, 1.807) is 17.9 Å². The van der Waals surface area contributed by atoms with Crippen molar-refractivity contribution in [2.45, 2.75) is 26.8 Å². The number of likely N-dealkylation sites (N-methyl/N-ethyl adjacent to an activating group) is 2. The molecule has 1 heterocycles. The summed E-state index contributed by atoms with van der Waals surface area (Å²) >= 11 is 6.35. The first-order valence-electron chi connectivity index (χ1n) is 8.85. The van der Waals surface area contributed by atoms with E-state index in [1.807, 2.05) is 44.0 Å². The van der Waals surface area contributed by atoms with Crippen molar-refractivity contribution in [2.24, 2.45) is 0 Å². The van der Waals surface area contributed by atoms with Crippen molar-refractivity contribution >= 4 is 23.6 Å². The zero-order valence-corrected chi connectivity index (χ0v) is 16.5. The smallest absolute Gasteiger partial charge is 0.338 e. The molecular weight excluding hydrogens is 354 g/mol. The molecule has 0 saturated carbocycles. The van der Waals surface area contributed by atoms with Crippen molar-refractivity contribution in [3.05, 3.63) is 46.1 Å². The monoisotopic (exact) mass is 379 g/mol. The van der Waals surface area contributed by atoms with Crippen molar-refractivity contribution < 1.29 is 14.3 Å². The molecule has 0 bridgehead atoms. The maximum absolute atomic E-state index is 12.8. The van der Waals surface area contributed by atoms with Gasteiger partial charge in [-0.1, -0.05) is 36.7 Å². The molecule has 1 aliphatic heterocycles. The first-order chi connectivity index (χ1) is 12.4. The Kier molecular flexibility index (Phi) is 7.06. The summed E-state index contributed by atoms with van der Waals surface area (Å²) in [6.07, 6.45) is 0. The van der Waals surface area contributed by atoms with Crippen molar-refractivity contribution in [1.29, 1.82) is 0 Å². The van der Waals surface area contributed by atoms with Gasteiger partial charge in [0.05, 0.1) is 18.2 Å². The standard InChI is InChI=1S/C19H26ClN3O3/c1-5-22(4)12-15-16(18(24)26-7-3)17(21-19(25)23(15)6-2)13-10-8-9-11-14(13)20/h8-11,17H,5-7,12H2,1-4H3,(H,21,25). The van der Waals surface area contributed by atoms with Crippen LogP contribution >= 0.6 is 11.6 Å². The molecule has 2 rings (SSSR count). The fourth-order valence-corrected chi connectivity index (χ4v) is 3.21. The molecule has 1 unspecified atom stereocenters. The van der Waals surface area contributed by atoms with Gasteiger partial charge in [-0.2, -0.15) is 0 Å². The molecule has 0 aromatic heterocycles. The number of nitrogens with one attached hydrogen (secondary N) is 1. The highest BCUT2D eigenvalue weighted by Crippen LogP contribution is 2.35. The minimum Gasteiger partial charge on any atom is -0.463 e. The van der Waals surface area contributed by atoms with Gasteiger partial charge in [0.1, 0.15) is 0 Å². The highest BCUT2D eigenvalue weighted by Gasteiger charge is 2.38. The number of nitrogens with zero attached hydrogens (tertiary/aromatic N) is 2. The quantitative estimate of drug-likeness (QED) is 0.739. The molecule has 26 heavy (non-hydrogen) atoms. The van der Waals surface area contributed by atoms with Crippen LogP contribution in [0.25, 0.3) is 0 Å². The zero-order valence-electron chi connectivity index (χ0n) is 15.7. The van der Waals surface area contributed by atoms with Crippen LogP contribution < -0.4 is 5.32 Å². The predicted octanol–water partition coefficient (Wildman–Crippen LogP) is 3.20. The van der Waals surface area contributed by atoms with E-state index in [1.165, 1.54) is 0 Å². The fourth-order valence-electron chi connectivity index (χ4n) is 2.97. The Morgan fingerprint density at radius 3 is 2.58 bits per heavy atom. The lowest BCUT2D eigenvalue weighted by molar-refractivity contribution is -0.139. The predicted molar refractivity (Wildman–Crippen MR) is 102 cm³/mol. The minimum absolute atomic E-state index is 0.245. The maximum atomic E-state index is 12.8. The largest absolute Gasteiger partial charge is 0.463 e. The number of urea groups is 1. The van der Waals surface area contributed by atoms with Gasteiger partial charge in [-0.05, 0) is 39.1 Å². The second-order valence-electron chi connectivity index (χ2n) is 6.06. The van der Waals surface area contributed by atoms with Gasteiger partial charge in [0, 0.05) is 23.8 Å². The first kappa shape index (κ1) is 20.3. The van der Waals surface area contributed by atoms with Crippen LogP contribution in [0.5, 0.6) is 0 Å². The third-order valence-electron chi connectivity index (χ3n) is 4.43. The number of benzene rings is 1. The van der Waals surface area contributed by atoms with E-state index >= 15 is 0 Å². The molecule has 6 nitrogen and oxygen atoms in total. The van der Waals surface area contributed by atoms with Crippen LogP contribution in [-0.2, 0) is 9.53 Å². The van der Waals surface area contributed by atoms with E-state index in [0.717, 1.165) is 6.54 Å². The van der Waals surface area contributed by atoms with Gasteiger partial charge in [0.15, 0.2) is 0 Å². The SMILES string of the molecule is CCOC(=O)C1=C(CN(C)CC)N(CC)C(=O)NC1c1ccccc1Cl. The molecule has 0 radical (unpaired) electrons. The highest BCUT2D eigenvalue weighted by atomic mass is 35.5. The second-order valence-corrected chi connectivity index (χ2v) is 6.47. The van der Waals surface area contributed by atoms with Gasteiger partial charge in [-0.15, -0.1) is 0 Å². The van der Waals surface area contributed by atoms with Crippen LogP contribution in [0.2, 0.25) is 5.02 Å². The number of halogens is 1. The van der Waals surface area contributed by atoms with Crippen molar-refractivity contribution in [2.75, 3.05) is 33.3 Å². The van der Waals surface area contributed by atoms with E-state index < -0.39 is 12.0 Å². The van der Waals surface area contributed by atoms with E-state index in [-0.39, 0.29) is 12.6 Å². The van der Waals surface area contributed by atoms with Crippen LogP contribution in [0.3, 0.4) is 0 Å². The molecule has 1 aromatic rings. The van der Waals surface area contributed by atoms with Crippen LogP contribution in [0.1, 0.15) is 32.4 Å². The van der Waals surface area contributed by atoms with Crippen LogP contribution in [0.4, 0.5) is 4.79 Å². The van der Waals surface area contributed by atoms with Gasteiger partial charge in [-0.3, -0.25) is 4.90 Å². The molecule has 2 amide bonds. The Balaban J connectivity index is 2.65. The molecule has 1 N–H and O–H groups in total. The Morgan fingerprint density at radius 1 is 1.31 bits per heavy atom. The molecule has 0 spiro atoms. The second kappa shape index (κ2) is 9.05. The van der Waals surface area contributed by atoms with Gasteiger partial charge >= 0.3 is 12.0 Å². The normalized spacial score (nSPS) is 17.5. The van der Waals surface area contributed by atoms with E-state index in [9.17, 15) is 9.59 Å². The van der Waals surface area contributed by atoms with E-state index in [0.29, 0.717) is 34.9 Å². The zero-order chi connectivity index (χ0) is 19.3. The summed E-state index contributed by atoms with van der Waals surface area (Å²) in [5.41, 5.74) is 1.77. The maximum Gasteiger partial charge on any atom is 0.338 e. The Bertz CT molecular complexity index is 705. The number of rotatable bonds is 7. The highest BCUT2D eigenvalue weighted by molar-refractivity contribution is 6.31. The van der Waals surface area contributed by atoms with Gasteiger partial charge < -0.3 is 15.0 Å². The summed E-state index contributed by atoms with van der Waals surface area (Å²) in [6, 6.07) is 6.32. The summed E-state index contributed by atoms with van der Waals surface area (Å²) in [5, 5.41) is 3.40. The lowest BCUT2D eigenvalue weighted by atomic mass is 9.94. The third-order valence-corrected chi connectivity index (χ3v) is 4.77. The van der Waals surface area contributed by atoms with Crippen molar-refractivity contribution in [3.8, 4) is 0 Å². The number of esters is 1. The topological polar surface area (TPSA) is 61.9 Å². The van der Waals surface area contributed by atoms with Crippen LogP contribution in [0, 0.1) is 0 Å². The van der Waals surface area contributed by atoms with Gasteiger partial charge in [-0.25, -0.2) is 9.59 Å². The van der Waals surface area contributed by atoms with Gasteiger partial charge in [0.2, 0.25) is 0 Å². The van der Waals surface area contributed by atoms with Crippen LogP contribution in [-0.4, -0.2) is 55.1 Å². The molecule has 1 aliphatic rings. The summed E-state index contributed by atoms with van der Waals surface area (Å²) in [5.74, 6) is -0.435. The molecule has 7 heteroatoms. The Labute approximate surface area is 159 Å².